The smallest absolute Gasteiger partial charge is 0.171 e. The van der Waals surface area contributed by atoms with E-state index in [9.17, 15) is 4.79 Å². The molecule has 1 aliphatic rings. The van der Waals surface area contributed by atoms with Gasteiger partial charge in [0.1, 0.15) is 5.52 Å². The molecule has 1 N–H and O–H groups in total. The molecule has 0 spiro atoms. The summed E-state index contributed by atoms with van der Waals surface area (Å²) >= 11 is 0. The fourth-order valence-corrected chi connectivity index (χ4v) is 3.90. The summed E-state index contributed by atoms with van der Waals surface area (Å²) in [5.41, 5.74) is 4.57. The number of hydrogen-bond acceptors (Lipinski definition) is 4. The second kappa shape index (κ2) is 7.13. The van der Waals surface area contributed by atoms with Gasteiger partial charge in [-0.25, -0.2) is 9.97 Å². The molecule has 0 saturated carbocycles. The van der Waals surface area contributed by atoms with Gasteiger partial charge in [0.15, 0.2) is 11.4 Å². The van der Waals surface area contributed by atoms with E-state index in [1.807, 2.05) is 20.8 Å². The number of nitrogens with one attached hydrogen (secondary N) is 1. The van der Waals surface area contributed by atoms with Gasteiger partial charge in [-0.15, -0.1) is 0 Å². The molecule has 3 aromatic rings. The molecule has 1 aromatic carbocycles. The number of ketones is 1. The van der Waals surface area contributed by atoms with Gasteiger partial charge in [-0.05, 0) is 37.9 Å². The van der Waals surface area contributed by atoms with E-state index in [1.54, 1.807) is 12.4 Å². The number of hydrogen-bond donors (Lipinski definition) is 1. The van der Waals surface area contributed by atoms with Gasteiger partial charge in [0.05, 0.1) is 17.5 Å². The molecule has 0 aliphatic carbocycles. The summed E-state index contributed by atoms with van der Waals surface area (Å²) in [6, 6.07) is 9.15. The van der Waals surface area contributed by atoms with Gasteiger partial charge in [0.25, 0.3) is 0 Å². The molecular weight excluding hydrogens is 348 g/mol. The van der Waals surface area contributed by atoms with Crippen LogP contribution in [0.1, 0.15) is 56.5 Å². The lowest BCUT2D eigenvalue weighted by Gasteiger charge is -2.21. The quantitative estimate of drug-likeness (QED) is 0.662. The van der Waals surface area contributed by atoms with Gasteiger partial charge in [-0.1, -0.05) is 39.0 Å². The van der Waals surface area contributed by atoms with E-state index in [1.165, 1.54) is 24.9 Å². The first kappa shape index (κ1) is 18.8. The molecule has 0 bridgehead atoms. The Hall–Kier alpha value is -2.53. The third-order valence-corrected chi connectivity index (χ3v) is 5.61. The predicted molar refractivity (Wildman–Crippen MR) is 112 cm³/mol. The fourth-order valence-electron chi connectivity index (χ4n) is 3.90. The summed E-state index contributed by atoms with van der Waals surface area (Å²) in [6.07, 6.45) is 6.07. The first-order valence-electron chi connectivity index (χ1n) is 10.1. The lowest BCUT2D eigenvalue weighted by molar-refractivity contribution is 0.0860. The van der Waals surface area contributed by atoms with Crippen LogP contribution >= 0.6 is 0 Å². The maximum absolute atomic E-state index is 12.8. The average Bonchev–Trinajstić information content (AvgIpc) is 3.26. The Morgan fingerprint density at radius 1 is 1.32 bits per heavy atom. The lowest BCUT2D eigenvalue weighted by Crippen LogP contribution is -2.26. The Bertz CT molecular complexity index is 1010. The molecule has 28 heavy (non-hydrogen) atoms. The van der Waals surface area contributed by atoms with Crippen molar-refractivity contribution < 1.29 is 4.79 Å². The Labute approximate surface area is 166 Å². The third-order valence-electron chi connectivity index (χ3n) is 5.61. The monoisotopic (exact) mass is 376 g/mol. The van der Waals surface area contributed by atoms with Crippen LogP contribution in [0, 0.1) is 5.41 Å². The van der Waals surface area contributed by atoms with Crippen LogP contribution in [0.4, 0.5) is 0 Å². The van der Waals surface area contributed by atoms with Crippen LogP contribution in [0.5, 0.6) is 0 Å². The second-order valence-electron chi connectivity index (χ2n) is 8.90. The number of Topliss-reactive ketones (excluding diaryl/α,β-unsaturated/α-hetero) is 1. The molecular formula is C23H28N4O. The van der Waals surface area contributed by atoms with Crippen molar-refractivity contribution in [3.05, 3.63) is 47.8 Å². The summed E-state index contributed by atoms with van der Waals surface area (Å²) in [6.45, 7) is 10.2. The second-order valence-corrected chi connectivity index (χ2v) is 8.90. The maximum Gasteiger partial charge on any atom is 0.171 e. The van der Waals surface area contributed by atoms with Gasteiger partial charge in [-0.3, -0.25) is 9.69 Å². The van der Waals surface area contributed by atoms with Gasteiger partial charge in [0, 0.05) is 29.8 Å². The minimum absolute atomic E-state index is 0.0713. The van der Waals surface area contributed by atoms with Crippen molar-refractivity contribution >= 4 is 16.9 Å². The summed E-state index contributed by atoms with van der Waals surface area (Å²) in [5.74, 6) is 0.0713. The van der Waals surface area contributed by atoms with Crippen LogP contribution in [0.2, 0.25) is 0 Å². The van der Waals surface area contributed by atoms with Crippen molar-refractivity contribution in [2.45, 2.75) is 53.1 Å². The molecule has 0 unspecified atom stereocenters. The number of carbonyl (C=O) groups excluding carboxylic acids is 1. The average molecular weight is 377 g/mol. The van der Waals surface area contributed by atoms with Crippen LogP contribution in [0.25, 0.3) is 22.4 Å². The maximum atomic E-state index is 12.8. The summed E-state index contributed by atoms with van der Waals surface area (Å²) in [4.78, 5) is 27.7. The SMILES string of the molecule is C[C@H]1CCCN1Cc1cccc(-c2cnc3[nH]cc(C(=O)C(C)(C)C)c3n2)c1. The molecule has 5 heteroatoms. The molecule has 5 nitrogen and oxygen atoms in total. The Morgan fingerprint density at radius 3 is 2.86 bits per heavy atom. The number of H-pyrrole nitrogens is 1. The van der Waals surface area contributed by atoms with E-state index >= 15 is 0 Å². The molecule has 1 fully saturated rings. The highest BCUT2D eigenvalue weighted by molar-refractivity contribution is 6.08. The van der Waals surface area contributed by atoms with Crippen molar-refractivity contribution in [3.63, 3.8) is 0 Å². The van der Waals surface area contributed by atoms with E-state index in [2.05, 4.69) is 46.1 Å². The number of fused-ring (bicyclic) bond motifs is 1. The van der Waals surface area contributed by atoms with Crippen LogP contribution in [-0.2, 0) is 6.54 Å². The number of likely N-dealkylation sites (tertiary alicyclic amines) is 1. The number of aromatic amines is 1. The van der Waals surface area contributed by atoms with Gasteiger partial charge >= 0.3 is 0 Å². The molecule has 146 valence electrons. The van der Waals surface area contributed by atoms with Crippen molar-refractivity contribution in [1.82, 2.24) is 19.9 Å². The van der Waals surface area contributed by atoms with Crippen molar-refractivity contribution in [1.29, 1.82) is 0 Å². The molecule has 1 atom stereocenters. The Morgan fingerprint density at radius 2 is 2.14 bits per heavy atom. The fraction of sp³-hybridized carbons (Fsp3) is 0.435. The number of aromatic nitrogens is 3. The predicted octanol–water partition coefficient (Wildman–Crippen LogP) is 4.84. The third kappa shape index (κ3) is 3.59. The number of nitrogens with zero attached hydrogens (tertiary/aromatic N) is 3. The van der Waals surface area contributed by atoms with Crippen molar-refractivity contribution in [3.8, 4) is 11.3 Å². The molecule has 0 radical (unpaired) electrons. The first-order valence-corrected chi connectivity index (χ1v) is 10.1. The molecule has 2 aromatic heterocycles. The molecule has 0 amide bonds. The van der Waals surface area contributed by atoms with Crippen LogP contribution in [0.15, 0.2) is 36.7 Å². The van der Waals surface area contributed by atoms with Crippen LogP contribution < -0.4 is 0 Å². The summed E-state index contributed by atoms with van der Waals surface area (Å²) < 4.78 is 0. The summed E-state index contributed by atoms with van der Waals surface area (Å²) in [5, 5.41) is 0. The van der Waals surface area contributed by atoms with Crippen molar-refractivity contribution in [2.75, 3.05) is 6.54 Å². The highest BCUT2D eigenvalue weighted by Gasteiger charge is 2.26. The van der Waals surface area contributed by atoms with Gasteiger partial charge in [-0.2, -0.15) is 0 Å². The highest BCUT2D eigenvalue weighted by Crippen LogP contribution is 2.27. The van der Waals surface area contributed by atoms with E-state index in [0.717, 1.165) is 17.8 Å². The van der Waals surface area contributed by atoms with E-state index in [0.29, 0.717) is 22.8 Å². The molecule has 4 rings (SSSR count). The highest BCUT2D eigenvalue weighted by atomic mass is 16.1. The minimum atomic E-state index is -0.459. The number of benzene rings is 1. The lowest BCUT2D eigenvalue weighted by atomic mass is 9.87. The van der Waals surface area contributed by atoms with E-state index < -0.39 is 5.41 Å². The number of carbonyl (C=O) groups is 1. The Balaban J connectivity index is 1.67. The zero-order chi connectivity index (χ0) is 19.9. The van der Waals surface area contributed by atoms with Crippen molar-refractivity contribution in [2.24, 2.45) is 5.41 Å². The largest absolute Gasteiger partial charge is 0.344 e. The molecule has 1 saturated heterocycles. The minimum Gasteiger partial charge on any atom is -0.344 e. The Kier molecular flexibility index (Phi) is 4.79. The van der Waals surface area contributed by atoms with Gasteiger partial charge in [0.2, 0.25) is 0 Å². The zero-order valence-corrected chi connectivity index (χ0v) is 17.1. The van der Waals surface area contributed by atoms with Crippen LogP contribution in [0.3, 0.4) is 0 Å². The molecule has 3 heterocycles. The zero-order valence-electron chi connectivity index (χ0n) is 17.1. The normalized spacial score (nSPS) is 18.1. The van der Waals surface area contributed by atoms with Crippen LogP contribution in [-0.4, -0.2) is 38.2 Å². The first-order chi connectivity index (χ1) is 13.3. The van der Waals surface area contributed by atoms with E-state index in [4.69, 9.17) is 4.98 Å². The standard InChI is InChI=1S/C23H28N4O/c1-15-7-6-10-27(15)14-16-8-5-9-17(11-16)19-13-25-22-20(26-19)18(12-24-22)21(28)23(2,3)4/h5,8-9,11-13,15H,6-7,10,14H2,1-4H3,(H,24,25)/t15-/m0/s1. The topological polar surface area (TPSA) is 61.9 Å². The number of rotatable bonds is 4. The van der Waals surface area contributed by atoms with Gasteiger partial charge < -0.3 is 4.98 Å². The summed E-state index contributed by atoms with van der Waals surface area (Å²) in [7, 11) is 0. The van der Waals surface area contributed by atoms with E-state index in [-0.39, 0.29) is 5.78 Å². The molecule has 1 aliphatic heterocycles.